The third-order valence-electron chi connectivity index (χ3n) is 4.57. The second-order valence-corrected chi connectivity index (χ2v) is 9.85. The molecule has 3 rings (SSSR count). The van der Waals surface area contributed by atoms with Gasteiger partial charge in [-0.3, -0.25) is 4.90 Å². The van der Waals surface area contributed by atoms with Gasteiger partial charge in [0.2, 0.25) is 10.0 Å². The molecule has 1 aromatic rings. The smallest absolute Gasteiger partial charge is 0.218 e. The molecule has 0 N–H and O–H groups in total. The molecule has 0 bridgehead atoms. The summed E-state index contributed by atoms with van der Waals surface area (Å²) in [5.41, 5.74) is 1.13. The van der Waals surface area contributed by atoms with Crippen LogP contribution in [0.5, 0.6) is 0 Å². The Hall–Kier alpha value is -0.910. The van der Waals surface area contributed by atoms with Gasteiger partial charge in [0.25, 0.3) is 0 Å². The molecule has 0 aliphatic carbocycles. The van der Waals surface area contributed by atoms with Gasteiger partial charge in [-0.1, -0.05) is 51.1 Å². The topological polar surface area (TPSA) is 40.6 Å². The van der Waals surface area contributed by atoms with Gasteiger partial charge < -0.3 is 0 Å². The largest absolute Gasteiger partial charge is 0.298 e. The zero-order valence-electron chi connectivity index (χ0n) is 13.7. The molecule has 0 amide bonds. The van der Waals surface area contributed by atoms with Crippen molar-refractivity contribution in [2.45, 2.75) is 32.6 Å². The Balaban J connectivity index is 1.63. The Bertz CT molecular complexity index is 622. The minimum Gasteiger partial charge on any atom is -0.298 e. The second-order valence-electron chi connectivity index (χ2n) is 7.88. The number of hydrogen-bond donors (Lipinski definition) is 0. The quantitative estimate of drug-likeness (QED) is 0.853. The van der Waals surface area contributed by atoms with Gasteiger partial charge in [-0.15, -0.1) is 0 Å². The number of nitrogens with zero attached hydrogens (tertiary/aromatic N) is 2. The number of likely N-dealkylation sites (tertiary alicyclic amines) is 1. The summed E-state index contributed by atoms with van der Waals surface area (Å²) in [4.78, 5) is 2.45. The fourth-order valence-corrected chi connectivity index (χ4v) is 5.20. The predicted molar refractivity (Wildman–Crippen MR) is 88.9 cm³/mol. The fourth-order valence-electron chi connectivity index (χ4n) is 3.60. The van der Waals surface area contributed by atoms with E-state index in [1.807, 2.05) is 30.3 Å². The molecular formula is C17H26N2O2S. The van der Waals surface area contributed by atoms with Crippen molar-refractivity contribution in [1.29, 1.82) is 0 Å². The van der Waals surface area contributed by atoms with Gasteiger partial charge in [0.15, 0.2) is 0 Å². The zero-order valence-corrected chi connectivity index (χ0v) is 14.5. The molecule has 1 aromatic carbocycles. The maximum atomic E-state index is 12.6. The molecule has 2 heterocycles. The SMILES string of the molecule is CC(C)(C)CN1CC2CN(S(=O)(=O)Cc3ccccc3)CC21. The van der Waals surface area contributed by atoms with Crippen molar-refractivity contribution in [3.05, 3.63) is 35.9 Å². The van der Waals surface area contributed by atoms with Crippen LogP contribution in [0.25, 0.3) is 0 Å². The summed E-state index contributed by atoms with van der Waals surface area (Å²) in [6, 6.07) is 9.89. The Labute approximate surface area is 134 Å². The normalized spacial score (nSPS) is 26.7. The molecule has 0 radical (unpaired) electrons. The molecule has 4 nitrogen and oxygen atoms in total. The molecule has 0 saturated carbocycles. The lowest BCUT2D eigenvalue weighted by Gasteiger charge is -2.46. The van der Waals surface area contributed by atoms with E-state index < -0.39 is 10.0 Å². The molecule has 2 saturated heterocycles. The van der Waals surface area contributed by atoms with E-state index in [1.165, 1.54) is 0 Å². The van der Waals surface area contributed by atoms with Crippen LogP contribution in [0, 0.1) is 11.3 Å². The third kappa shape index (κ3) is 3.36. The van der Waals surface area contributed by atoms with Crippen LogP contribution in [0.15, 0.2) is 30.3 Å². The molecule has 2 atom stereocenters. The minimum atomic E-state index is -3.20. The van der Waals surface area contributed by atoms with Crippen molar-refractivity contribution in [3.63, 3.8) is 0 Å². The van der Waals surface area contributed by atoms with Crippen molar-refractivity contribution in [2.75, 3.05) is 26.2 Å². The van der Waals surface area contributed by atoms with E-state index in [0.29, 0.717) is 25.0 Å². The summed E-state index contributed by atoms with van der Waals surface area (Å²) in [5.74, 6) is 0.639. The van der Waals surface area contributed by atoms with E-state index in [2.05, 4.69) is 25.7 Å². The van der Waals surface area contributed by atoms with E-state index in [-0.39, 0.29) is 11.2 Å². The van der Waals surface area contributed by atoms with E-state index in [4.69, 9.17) is 0 Å². The lowest BCUT2D eigenvalue weighted by atomic mass is 9.87. The summed E-state index contributed by atoms with van der Waals surface area (Å²) in [6.07, 6.45) is 0. The van der Waals surface area contributed by atoms with E-state index in [9.17, 15) is 8.42 Å². The van der Waals surface area contributed by atoms with Crippen molar-refractivity contribution in [1.82, 2.24) is 9.21 Å². The summed E-state index contributed by atoms with van der Waals surface area (Å²) in [5, 5.41) is 0. The van der Waals surface area contributed by atoms with Crippen LogP contribution in [-0.2, 0) is 15.8 Å². The summed E-state index contributed by atoms with van der Waals surface area (Å²) in [7, 11) is -3.20. The predicted octanol–water partition coefficient (Wildman–Crippen LogP) is 2.18. The van der Waals surface area contributed by atoms with Crippen LogP contribution in [0.1, 0.15) is 26.3 Å². The highest BCUT2D eigenvalue weighted by Crippen LogP contribution is 2.36. The maximum Gasteiger partial charge on any atom is 0.218 e. The van der Waals surface area contributed by atoms with Crippen LogP contribution in [0.3, 0.4) is 0 Å². The van der Waals surface area contributed by atoms with Crippen LogP contribution < -0.4 is 0 Å². The first-order valence-corrected chi connectivity index (χ1v) is 9.61. The van der Waals surface area contributed by atoms with Crippen LogP contribution in [-0.4, -0.2) is 49.8 Å². The average Bonchev–Trinajstić information content (AvgIpc) is 2.74. The Morgan fingerprint density at radius 2 is 1.77 bits per heavy atom. The van der Waals surface area contributed by atoms with Gasteiger partial charge in [0.1, 0.15) is 0 Å². The van der Waals surface area contributed by atoms with Crippen LogP contribution in [0.2, 0.25) is 0 Å². The molecule has 122 valence electrons. The zero-order chi connectivity index (χ0) is 16.0. The number of benzene rings is 1. The number of sulfonamides is 1. The summed E-state index contributed by atoms with van der Waals surface area (Å²) in [6.45, 7) is 10.1. The number of fused-ring (bicyclic) bond motifs is 1. The lowest BCUT2D eigenvalue weighted by molar-refractivity contribution is 0.0214. The summed E-state index contributed by atoms with van der Waals surface area (Å²) < 4.78 is 26.9. The Morgan fingerprint density at radius 3 is 2.41 bits per heavy atom. The van der Waals surface area contributed by atoms with Gasteiger partial charge in [0.05, 0.1) is 5.75 Å². The van der Waals surface area contributed by atoms with Crippen LogP contribution >= 0.6 is 0 Å². The molecule has 22 heavy (non-hydrogen) atoms. The molecule has 2 aliphatic heterocycles. The Morgan fingerprint density at radius 1 is 1.09 bits per heavy atom. The monoisotopic (exact) mass is 322 g/mol. The van der Waals surface area contributed by atoms with Crippen LogP contribution in [0.4, 0.5) is 0 Å². The highest BCUT2D eigenvalue weighted by Gasteiger charge is 2.49. The molecule has 2 unspecified atom stereocenters. The summed E-state index contributed by atoms with van der Waals surface area (Å²) >= 11 is 0. The van der Waals surface area contributed by atoms with Crippen molar-refractivity contribution in [3.8, 4) is 0 Å². The van der Waals surface area contributed by atoms with Crippen molar-refractivity contribution >= 4 is 10.0 Å². The molecule has 5 heteroatoms. The standard InChI is InChI=1S/C17H26N2O2S/c1-17(2,3)13-18-9-15-10-19(11-16(15)18)22(20,21)12-14-7-5-4-6-8-14/h4-8,15-16H,9-13H2,1-3H3. The van der Waals surface area contributed by atoms with E-state index >= 15 is 0 Å². The van der Waals surface area contributed by atoms with E-state index in [1.54, 1.807) is 4.31 Å². The molecule has 0 spiro atoms. The fraction of sp³-hybridized carbons (Fsp3) is 0.647. The average molecular weight is 322 g/mol. The lowest BCUT2D eigenvalue weighted by Crippen LogP contribution is -2.57. The second kappa shape index (κ2) is 5.62. The van der Waals surface area contributed by atoms with E-state index in [0.717, 1.165) is 18.7 Å². The highest BCUT2D eigenvalue weighted by molar-refractivity contribution is 7.88. The Kier molecular flexibility index (Phi) is 4.08. The van der Waals surface area contributed by atoms with Gasteiger partial charge in [0, 0.05) is 38.1 Å². The molecule has 2 aliphatic rings. The highest BCUT2D eigenvalue weighted by atomic mass is 32.2. The first-order chi connectivity index (χ1) is 10.2. The van der Waals surface area contributed by atoms with Crippen molar-refractivity contribution < 1.29 is 8.42 Å². The third-order valence-corrected chi connectivity index (χ3v) is 6.36. The molecule has 2 fully saturated rings. The van der Waals surface area contributed by atoms with Gasteiger partial charge in [-0.25, -0.2) is 8.42 Å². The first-order valence-electron chi connectivity index (χ1n) is 8.00. The number of hydrogen-bond acceptors (Lipinski definition) is 3. The maximum absolute atomic E-state index is 12.6. The number of rotatable bonds is 4. The minimum absolute atomic E-state index is 0.118. The van der Waals surface area contributed by atoms with Gasteiger partial charge in [-0.2, -0.15) is 4.31 Å². The van der Waals surface area contributed by atoms with Crippen molar-refractivity contribution in [2.24, 2.45) is 11.3 Å². The first kappa shape index (κ1) is 16.0. The molecule has 0 aromatic heterocycles. The van der Waals surface area contributed by atoms with Gasteiger partial charge in [-0.05, 0) is 11.0 Å². The molecular weight excluding hydrogens is 296 g/mol. The van der Waals surface area contributed by atoms with Gasteiger partial charge >= 0.3 is 0 Å².